The van der Waals surface area contributed by atoms with Crippen LogP contribution in [0.2, 0.25) is 0 Å². The summed E-state index contributed by atoms with van der Waals surface area (Å²) in [6.07, 6.45) is 11.0. The van der Waals surface area contributed by atoms with Crippen molar-refractivity contribution in [3.8, 4) is 0 Å². The van der Waals surface area contributed by atoms with E-state index in [4.69, 9.17) is 0 Å². The molecule has 1 aliphatic rings. The van der Waals surface area contributed by atoms with Gasteiger partial charge in [-0.3, -0.25) is 0 Å². The molecule has 0 spiro atoms. The molecule has 3 N–H and O–H groups in total. The quantitative estimate of drug-likeness (QED) is 0.408. The molecule has 3 heteroatoms. The van der Waals surface area contributed by atoms with E-state index in [0.717, 1.165) is 32.1 Å². The van der Waals surface area contributed by atoms with Crippen LogP contribution in [0.15, 0.2) is 42.5 Å². The smallest absolute Gasteiger partial charge is 0.0599 e. The molecular weight excluding hydrogens is 324 g/mol. The molecule has 26 heavy (non-hydrogen) atoms. The second kappa shape index (κ2) is 11.5. The zero-order chi connectivity index (χ0) is 18.8. The molecule has 0 amide bonds. The molecule has 1 fully saturated rings. The molecule has 1 aromatic carbocycles. The Kier molecular flexibility index (Phi) is 9.38. The summed E-state index contributed by atoms with van der Waals surface area (Å²) in [7, 11) is 0. The van der Waals surface area contributed by atoms with E-state index in [0.29, 0.717) is 12.8 Å². The summed E-state index contributed by atoms with van der Waals surface area (Å²) < 4.78 is 0. The van der Waals surface area contributed by atoms with E-state index in [9.17, 15) is 15.3 Å². The molecule has 3 nitrogen and oxygen atoms in total. The standard InChI is InChI=1S/C23H36O3/c1-2-3-4-5-9-12-20-21(23(26)17-22(20)25)16-15-19(24)14-13-18-10-7-6-8-11-18/h5-11,19-26H,2-4,12-17H2,1H3/b9-5-/t19?,20?,21-,22?,23?/m1/s1. The maximum Gasteiger partial charge on any atom is 0.0599 e. The van der Waals surface area contributed by atoms with Crippen LogP contribution in [-0.2, 0) is 6.42 Å². The van der Waals surface area contributed by atoms with Gasteiger partial charge in [-0.15, -0.1) is 0 Å². The molecule has 0 saturated heterocycles. The Morgan fingerprint density at radius 1 is 1.04 bits per heavy atom. The maximum atomic E-state index is 10.3. The van der Waals surface area contributed by atoms with Crippen LogP contribution in [0.25, 0.3) is 0 Å². The average molecular weight is 361 g/mol. The summed E-state index contributed by atoms with van der Waals surface area (Å²) in [6, 6.07) is 10.2. The summed E-state index contributed by atoms with van der Waals surface area (Å²) in [5.74, 6) is 0.205. The van der Waals surface area contributed by atoms with E-state index in [1.54, 1.807) is 0 Å². The molecule has 1 aliphatic carbocycles. The van der Waals surface area contributed by atoms with Gasteiger partial charge in [0.25, 0.3) is 0 Å². The van der Waals surface area contributed by atoms with Gasteiger partial charge in [0.2, 0.25) is 0 Å². The van der Waals surface area contributed by atoms with Crippen molar-refractivity contribution in [2.75, 3.05) is 0 Å². The highest BCUT2D eigenvalue weighted by atomic mass is 16.3. The third kappa shape index (κ3) is 6.86. The number of aliphatic hydroxyl groups excluding tert-OH is 3. The first kappa shape index (κ1) is 21.1. The van der Waals surface area contributed by atoms with Gasteiger partial charge in [-0.2, -0.15) is 0 Å². The first-order chi connectivity index (χ1) is 12.6. The highest BCUT2D eigenvalue weighted by Crippen LogP contribution is 2.38. The lowest BCUT2D eigenvalue weighted by molar-refractivity contribution is 0.0857. The molecule has 0 aromatic heterocycles. The van der Waals surface area contributed by atoms with Crippen LogP contribution in [0.1, 0.15) is 63.9 Å². The second-order valence-electron chi connectivity index (χ2n) is 7.80. The van der Waals surface area contributed by atoms with Crippen LogP contribution < -0.4 is 0 Å². The van der Waals surface area contributed by atoms with Crippen molar-refractivity contribution in [1.29, 1.82) is 0 Å². The van der Waals surface area contributed by atoms with Gasteiger partial charge in [0, 0.05) is 0 Å². The Morgan fingerprint density at radius 3 is 2.50 bits per heavy atom. The number of rotatable bonds is 11. The van der Waals surface area contributed by atoms with E-state index in [1.807, 2.05) is 18.2 Å². The van der Waals surface area contributed by atoms with Crippen LogP contribution in [-0.4, -0.2) is 33.6 Å². The molecule has 4 unspecified atom stereocenters. The van der Waals surface area contributed by atoms with E-state index >= 15 is 0 Å². The van der Waals surface area contributed by atoms with Crippen molar-refractivity contribution in [2.24, 2.45) is 11.8 Å². The summed E-state index contributed by atoms with van der Waals surface area (Å²) in [6.45, 7) is 2.18. The van der Waals surface area contributed by atoms with Gasteiger partial charge in [0.15, 0.2) is 0 Å². The molecule has 0 radical (unpaired) electrons. The lowest BCUT2D eigenvalue weighted by Gasteiger charge is -2.23. The minimum atomic E-state index is -0.444. The number of allylic oxidation sites excluding steroid dienone is 2. The number of aliphatic hydroxyl groups is 3. The van der Waals surface area contributed by atoms with Gasteiger partial charge in [0.05, 0.1) is 18.3 Å². The highest BCUT2D eigenvalue weighted by Gasteiger charge is 2.40. The summed E-state index contributed by atoms with van der Waals surface area (Å²) >= 11 is 0. The fourth-order valence-electron chi connectivity index (χ4n) is 4.11. The van der Waals surface area contributed by atoms with Crippen LogP contribution >= 0.6 is 0 Å². The van der Waals surface area contributed by atoms with Gasteiger partial charge >= 0.3 is 0 Å². The number of aryl methyl sites for hydroxylation is 1. The predicted molar refractivity (Wildman–Crippen MR) is 107 cm³/mol. The number of benzene rings is 1. The Bertz CT molecular complexity index is 513. The van der Waals surface area contributed by atoms with Crippen LogP contribution in [0.4, 0.5) is 0 Å². The fraction of sp³-hybridized carbons (Fsp3) is 0.652. The van der Waals surface area contributed by atoms with Gasteiger partial charge in [-0.25, -0.2) is 0 Å². The summed E-state index contributed by atoms with van der Waals surface area (Å²) in [5.41, 5.74) is 1.25. The highest BCUT2D eigenvalue weighted by molar-refractivity contribution is 5.14. The van der Waals surface area contributed by atoms with Gasteiger partial charge in [0.1, 0.15) is 0 Å². The zero-order valence-electron chi connectivity index (χ0n) is 16.1. The first-order valence-corrected chi connectivity index (χ1v) is 10.3. The lowest BCUT2D eigenvalue weighted by atomic mass is 9.85. The normalized spacial score (nSPS) is 27.2. The average Bonchev–Trinajstić information content (AvgIpc) is 2.91. The topological polar surface area (TPSA) is 60.7 Å². The zero-order valence-corrected chi connectivity index (χ0v) is 16.1. The molecule has 1 aromatic rings. The van der Waals surface area contributed by atoms with Crippen LogP contribution in [0, 0.1) is 11.8 Å². The van der Waals surface area contributed by atoms with Gasteiger partial charge in [-0.1, -0.05) is 62.2 Å². The van der Waals surface area contributed by atoms with E-state index < -0.39 is 12.2 Å². The Balaban J connectivity index is 1.76. The number of hydrogen-bond donors (Lipinski definition) is 3. The van der Waals surface area contributed by atoms with E-state index in [1.165, 1.54) is 18.4 Å². The monoisotopic (exact) mass is 360 g/mol. The van der Waals surface area contributed by atoms with E-state index in [2.05, 4.69) is 31.2 Å². The van der Waals surface area contributed by atoms with Crippen LogP contribution in [0.3, 0.4) is 0 Å². The number of unbranched alkanes of at least 4 members (excludes halogenated alkanes) is 2. The molecule has 0 heterocycles. The third-order valence-electron chi connectivity index (χ3n) is 5.76. The molecular formula is C23H36O3. The van der Waals surface area contributed by atoms with Gasteiger partial charge < -0.3 is 15.3 Å². The maximum absolute atomic E-state index is 10.3. The fourth-order valence-corrected chi connectivity index (χ4v) is 4.11. The lowest BCUT2D eigenvalue weighted by Crippen LogP contribution is -2.23. The molecule has 0 bridgehead atoms. The molecule has 1 saturated carbocycles. The largest absolute Gasteiger partial charge is 0.393 e. The minimum Gasteiger partial charge on any atom is -0.393 e. The third-order valence-corrected chi connectivity index (χ3v) is 5.76. The predicted octanol–water partition coefficient (Wildman–Crippen LogP) is 4.25. The second-order valence-corrected chi connectivity index (χ2v) is 7.80. The minimum absolute atomic E-state index is 0.0900. The van der Waals surface area contributed by atoms with Crippen molar-refractivity contribution in [3.05, 3.63) is 48.0 Å². The summed E-state index contributed by atoms with van der Waals surface area (Å²) in [5, 5.41) is 30.9. The SMILES string of the molecule is CCCC/C=C\CC1C(O)CC(O)[C@@H]1CCC(O)CCc1ccccc1. The van der Waals surface area contributed by atoms with Crippen LogP contribution in [0.5, 0.6) is 0 Å². The van der Waals surface area contributed by atoms with Gasteiger partial charge in [-0.05, 0) is 62.3 Å². The first-order valence-electron chi connectivity index (χ1n) is 10.3. The Morgan fingerprint density at radius 2 is 1.77 bits per heavy atom. The van der Waals surface area contributed by atoms with Crippen molar-refractivity contribution < 1.29 is 15.3 Å². The molecule has 5 atom stereocenters. The van der Waals surface area contributed by atoms with Crippen molar-refractivity contribution in [2.45, 2.75) is 83.0 Å². The van der Waals surface area contributed by atoms with Crippen molar-refractivity contribution in [3.63, 3.8) is 0 Å². The molecule has 2 rings (SSSR count). The number of hydrogen-bond acceptors (Lipinski definition) is 3. The molecule has 0 aliphatic heterocycles. The Labute approximate surface area is 158 Å². The molecule has 146 valence electrons. The van der Waals surface area contributed by atoms with Crippen molar-refractivity contribution in [1.82, 2.24) is 0 Å². The van der Waals surface area contributed by atoms with Crippen molar-refractivity contribution >= 4 is 0 Å². The van der Waals surface area contributed by atoms with E-state index in [-0.39, 0.29) is 17.9 Å². The Hall–Kier alpha value is -1.16. The summed E-state index contributed by atoms with van der Waals surface area (Å²) in [4.78, 5) is 0.